The maximum Gasteiger partial charge on any atom is 0.223 e. The highest BCUT2D eigenvalue weighted by Gasteiger charge is 2.26. The van der Waals surface area contributed by atoms with Crippen molar-refractivity contribution in [2.75, 3.05) is 6.54 Å². The molecule has 0 N–H and O–H groups in total. The molecule has 3 rings (SSSR count). The van der Waals surface area contributed by atoms with Crippen LogP contribution in [0.1, 0.15) is 30.5 Å². The summed E-state index contributed by atoms with van der Waals surface area (Å²) in [5, 5.41) is 0. The van der Waals surface area contributed by atoms with Gasteiger partial charge < -0.3 is 4.90 Å². The quantitative estimate of drug-likeness (QED) is 0.852. The Labute approximate surface area is 136 Å². The molecule has 1 aromatic carbocycles. The lowest BCUT2D eigenvalue weighted by Gasteiger charge is -2.22. The minimum absolute atomic E-state index is 0.205. The van der Waals surface area contributed by atoms with E-state index in [2.05, 4.69) is 34.3 Å². The van der Waals surface area contributed by atoms with Gasteiger partial charge in [-0.2, -0.15) is 0 Å². The van der Waals surface area contributed by atoms with Crippen LogP contribution in [0.5, 0.6) is 0 Å². The van der Waals surface area contributed by atoms with Crippen LogP contribution < -0.4 is 0 Å². The maximum absolute atomic E-state index is 12.5. The van der Waals surface area contributed by atoms with Crippen LogP contribution in [0.4, 0.5) is 0 Å². The number of amides is 1. The molecule has 1 aliphatic heterocycles. The van der Waals surface area contributed by atoms with E-state index in [1.54, 1.807) is 18.6 Å². The van der Waals surface area contributed by atoms with Crippen LogP contribution >= 0.6 is 0 Å². The van der Waals surface area contributed by atoms with Gasteiger partial charge in [0.2, 0.25) is 5.91 Å². The van der Waals surface area contributed by atoms with Gasteiger partial charge in [-0.15, -0.1) is 0 Å². The van der Waals surface area contributed by atoms with Crippen LogP contribution in [0.25, 0.3) is 6.08 Å². The van der Waals surface area contributed by atoms with Crippen molar-refractivity contribution >= 4 is 12.0 Å². The average Bonchev–Trinajstić information content (AvgIpc) is 3.08. The molecule has 2 aromatic rings. The minimum atomic E-state index is 0.205. The molecule has 0 bridgehead atoms. The van der Waals surface area contributed by atoms with Gasteiger partial charge in [0.1, 0.15) is 0 Å². The molecule has 0 aliphatic carbocycles. The van der Waals surface area contributed by atoms with E-state index in [0.717, 1.165) is 25.1 Å². The van der Waals surface area contributed by atoms with Crippen molar-refractivity contribution in [3.63, 3.8) is 0 Å². The van der Waals surface area contributed by atoms with E-state index >= 15 is 0 Å². The van der Waals surface area contributed by atoms with Crippen molar-refractivity contribution in [3.05, 3.63) is 66.3 Å². The topological polar surface area (TPSA) is 46.1 Å². The third-order valence-corrected chi connectivity index (χ3v) is 4.14. The summed E-state index contributed by atoms with van der Waals surface area (Å²) in [6.07, 6.45) is 12.6. The van der Waals surface area contributed by atoms with E-state index in [4.69, 9.17) is 0 Å². The molecule has 0 spiro atoms. The van der Waals surface area contributed by atoms with Gasteiger partial charge in [-0.25, -0.2) is 0 Å². The molecule has 0 radical (unpaired) electrons. The van der Waals surface area contributed by atoms with Gasteiger partial charge in [0, 0.05) is 31.6 Å². The molecule has 4 heteroatoms. The highest BCUT2D eigenvalue weighted by Crippen LogP contribution is 2.20. The van der Waals surface area contributed by atoms with Crippen molar-refractivity contribution in [3.8, 4) is 0 Å². The summed E-state index contributed by atoms with van der Waals surface area (Å²) in [6, 6.07) is 10.4. The number of hydrogen-bond donors (Lipinski definition) is 0. The fourth-order valence-corrected chi connectivity index (χ4v) is 2.93. The molecule has 2 heterocycles. The van der Waals surface area contributed by atoms with Crippen molar-refractivity contribution in [1.82, 2.24) is 14.9 Å². The van der Waals surface area contributed by atoms with Gasteiger partial charge in [-0.1, -0.05) is 42.5 Å². The van der Waals surface area contributed by atoms with Gasteiger partial charge in [-0.3, -0.25) is 14.8 Å². The summed E-state index contributed by atoms with van der Waals surface area (Å²) in [6.45, 7) is 0.850. The normalized spacial score (nSPS) is 17.7. The first-order chi connectivity index (χ1) is 11.3. The number of carbonyl (C=O) groups is 1. The lowest BCUT2D eigenvalue weighted by molar-refractivity contribution is -0.131. The van der Waals surface area contributed by atoms with Crippen molar-refractivity contribution < 1.29 is 4.79 Å². The predicted molar refractivity (Wildman–Crippen MR) is 90.6 cm³/mol. The Morgan fingerprint density at radius 2 is 2.13 bits per heavy atom. The van der Waals surface area contributed by atoms with Crippen LogP contribution in [0, 0.1) is 0 Å². The molecule has 1 saturated heterocycles. The number of aryl methyl sites for hydroxylation is 1. The Balaban J connectivity index is 1.57. The lowest BCUT2D eigenvalue weighted by atomic mass is 10.1. The zero-order valence-electron chi connectivity index (χ0n) is 13.1. The van der Waals surface area contributed by atoms with Gasteiger partial charge in [-0.05, 0) is 24.8 Å². The summed E-state index contributed by atoms with van der Waals surface area (Å²) < 4.78 is 0. The van der Waals surface area contributed by atoms with Crippen LogP contribution in [0.2, 0.25) is 0 Å². The fraction of sp³-hybridized carbons (Fsp3) is 0.316. The first-order valence-corrected chi connectivity index (χ1v) is 8.10. The van der Waals surface area contributed by atoms with Crippen molar-refractivity contribution in [2.24, 2.45) is 0 Å². The first-order valence-electron chi connectivity index (χ1n) is 8.10. The van der Waals surface area contributed by atoms with Gasteiger partial charge in [0.05, 0.1) is 11.7 Å². The molecular weight excluding hydrogens is 286 g/mol. The minimum Gasteiger partial charge on any atom is -0.336 e. The number of aromatic nitrogens is 2. The standard InChI is InChI=1S/C19H21N3O/c23-19(11-9-17-15-20-12-13-21-17)22-14-4-7-18(22)10-8-16-5-2-1-3-6-16/h1-3,5-6,8,10,12-13,15,18H,4,7,9,11,14H2/b10-8+/t18-/m1/s1. The monoisotopic (exact) mass is 307 g/mol. The number of benzene rings is 1. The highest BCUT2D eigenvalue weighted by molar-refractivity contribution is 5.77. The van der Waals surface area contributed by atoms with Crippen molar-refractivity contribution in [1.29, 1.82) is 0 Å². The maximum atomic E-state index is 12.5. The number of rotatable bonds is 5. The van der Waals surface area contributed by atoms with Gasteiger partial charge in [0.15, 0.2) is 0 Å². The van der Waals surface area contributed by atoms with E-state index in [0.29, 0.717) is 12.8 Å². The average molecular weight is 307 g/mol. The third-order valence-electron chi connectivity index (χ3n) is 4.14. The Hall–Kier alpha value is -2.49. The Morgan fingerprint density at radius 3 is 2.91 bits per heavy atom. The largest absolute Gasteiger partial charge is 0.336 e. The third kappa shape index (κ3) is 4.25. The fourth-order valence-electron chi connectivity index (χ4n) is 2.93. The summed E-state index contributed by atoms with van der Waals surface area (Å²) in [5.74, 6) is 0.205. The van der Waals surface area contributed by atoms with E-state index < -0.39 is 0 Å². The predicted octanol–water partition coefficient (Wildman–Crippen LogP) is 3.11. The van der Waals surface area contributed by atoms with E-state index in [1.807, 2.05) is 23.1 Å². The van der Waals surface area contributed by atoms with Crippen molar-refractivity contribution in [2.45, 2.75) is 31.7 Å². The molecule has 0 unspecified atom stereocenters. The highest BCUT2D eigenvalue weighted by atomic mass is 16.2. The second kappa shape index (κ2) is 7.68. The molecule has 1 amide bonds. The molecule has 4 nitrogen and oxygen atoms in total. The summed E-state index contributed by atoms with van der Waals surface area (Å²) >= 11 is 0. The second-order valence-electron chi connectivity index (χ2n) is 5.76. The molecule has 0 saturated carbocycles. The molecule has 1 fully saturated rings. The number of hydrogen-bond acceptors (Lipinski definition) is 3. The number of nitrogens with zero attached hydrogens (tertiary/aromatic N) is 3. The molecule has 1 aliphatic rings. The molecule has 1 aromatic heterocycles. The summed E-state index contributed by atoms with van der Waals surface area (Å²) in [4.78, 5) is 22.7. The Bertz CT molecular complexity index is 655. The van der Waals surface area contributed by atoms with Crippen LogP contribution in [-0.2, 0) is 11.2 Å². The number of carbonyl (C=O) groups excluding carboxylic acids is 1. The molecule has 118 valence electrons. The van der Waals surface area contributed by atoms with E-state index in [-0.39, 0.29) is 11.9 Å². The Morgan fingerprint density at radius 1 is 1.26 bits per heavy atom. The van der Waals surface area contributed by atoms with Crippen LogP contribution in [0.3, 0.4) is 0 Å². The van der Waals surface area contributed by atoms with Gasteiger partial charge in [0.25, 0.3) is 0 Å². The molecule has 23 heavy (non-hydrogen) atoms. The zero-order chi connectivity index (χ0) is 15.9. The van der Waals surface area contributed by atoms with E-state index in [1.165, 1.54) is 5.56 Å². The first kappa shape index (κ1) is 15.4. The van der Waals surface area contributed by atoms with Crippen LogP contribution in [0.15, 0.2) is 55.0 Å². The zero-order valence-corrected chi connectivity index (χ0v) is 13.1. The molecular formula is C19H21N3O. The smallest absolute Gasteiger partial charge is 0.223 e. The summed E-state index contributed by atoms with van der Waals surface area (Å²) in [7, 11) is 0. The van der Waals surface area contributed by atoms with E-state index in [9.17, 15) is 4.79 Å². The number of likely N-dealkylation sites (tertiary alicyclic amines) is 1. The second-order valence-corrected chi connectivity index (χ2v) is 5.76. The van der Waals surface area contributed by atoms with Crippen LogP contribution in [-0.4, -0.2) is 33.4 Å². The summed E-state index contributed by atoms with van der Waals surface area (Å²) in [5.41, 5.74) is 2.04. The lowest BCUT2D eigenvalue weighted by Crippen LogP contribution is -2.34. The Kier molecular flexibility index (Phi) is 5.14. The SMILES string of the molecule is O=C(CCc1cnccn1)N1CCC[C@@H]1/C=C/c1ccccc1. The van der Waals surface area contributed by atoms with Gasteiger partial charge >= 0.3 is 0 Å². The molecule has 1 atom stereocenters.